The number of hydrogen-bond donors (Lipinski definition) is 3. The first-order valence-electron chi connectivity index (χ1n) is 9.11. The molecule has 3 heteroatoms. The Kier molecular flexibility index (Phi) is 5.42. The number of nitrogens with two attached hydrogens (primary N) is 1. The van der Waals surface area contributed by atoms with Crippen LogP contribution in [0.15, 0.2) is 12.1 Å². The fourth-order valence-corrected chi connectivity index (χ4v) is 3.43. The summed E-state index contributed by atoms with van der Waals surface area (Å²) in [5.41, 5.74) is 3.48. The van der Waals surface area contributed by atoms with Crippen LogP contribution in [0.5, 0.6) is 5.75 Å². The van der Waals surface area contributed by atoms with E-state index in [0.717, 1.165) is 17.5 Å². The highest BCUT2D eigenvalue weighted by Crippen LogP contribution is 2.39. The first-order chi connectivity index (χ1) is 10.6. The van der Waals surface area contributed by atoms with Crippen molar-refractivity contribution >= 4 is 0 Å². The van der Waals surface area contributed by atoms with Gasteiger partial charge in [-0.3, -0.25) is 0 Å². The van der Waals surface area contributed by atoms with Gasteiger partial charge in [-0.05, 0) is 27.5 Å². The van der Waals surface area contributed by atoms with Gasteiger partial charge in [-0.15, -0.1) is 0 Å². The molecule has 0 spiro atoms. The van der Waals surface area contributed by atoms with Crippen LogP contribution in [0.1, 0.15) is 58.2 Å². The van der Waals surface area contributed by atoms with Crippen molar-refractivity contribution in [2.24, 2.45) is 0 Å². The van der Waals surface area contributed by atoms with Gasteiger partial charge < -0.3 is 15.3 Å². The number of phenols is 1. The molecule has 1 aliphatic rings. The summed E-state index contributed by atoms with van der Waals surface area (Å²) in [5, 5.41) is 13.2. The monoisotopic (exact) mass is 320 g/mol. The second-order valence-corrected chi connectivity index (χ2v) is 9.16. The second kappa shape index (κ2) is 6.82. The molecule has 2 rings (SSSR count). The van der Waals surface area contributed by atoms with E-state index >= 15 is 0 Å². The maximum absolute atomic E-state index is 10.8. The lowest BCUT2D eigenvalue weighted by atomic mass is 9.78. The van der Waals surface area contributed by atoms with E-state index in [4.69, 9.17) is 0 Å². The first-order valence-corrected chi connectivity index (χ1v) is 9.11. The van der Waals surface area contributed by atoms with Crippen LogP contribution < -0.4 is 10.2 Å². The van der Waals surface area contributed by atoms with Gasteiger partial charge in [0.15, 0.2) is 0 Å². The smallest absolute Gasteiger partial charge is 0.127 e. The Morgan fingerprint density at radius 3 is 1.87 bits per heavy atom. The molecule has 1 aromatic carbocycles. The van der Waals surface area contributed by atoms with Gasteiger partial charge in [-0.25, -0.2) is 0 Å². The quantitative estimate of drug-likeness (QED) is 0.764. The molecule has 0 radical (unpaired) electrons. The molecular formula is C20H36N2O+2. The predicted octanol–water partition coefficient (Wildman–Crippen LogP) is 0.992. The van der Waals surface area contributed by atoms with E-state index in [9.17, 15) is 5.11 Å². The largest absolute Gasteiger partial charge is 0.507 e. The Balaban J connectivity index is 2.28. The number of benzene rings is 1. The van der Waals surface area contributed by atoms with Crippen LogP contribution in [-0.2, 0) is 17.3 Å². The lowest BCUT2D eigenvalue weighted by molar-refractivity contribution is -0.946. The third-order valence-electron chi connectivity index (χ3n) is 4.96. The van der Waals surface area contributed by atoms with Crippen LogP contribution in [0, 0.1) is 0 Å². The van der Waals surface area contributed by atoms with E-state index in [1.807, 2.05) is 0 Å². The summed E-state index contributed by atoms with van der Waals surface area (Å²) < 4.78 is 0. The number of piperazine rings is 1. The molecule has 1 aliphatic heterocycles. The van der Waals surface area contributed by atoms with Crippen LogP contribution in [0.4, 0.5) is 0 Å². The number of aromatic hydroxyl groups is 1. The van der Waals surface area contributed by atoms with E-state index in [1.165, 1.54) is 38.3 Å². The Morgan fingerprint density at radius 1 is 0.957 bits per heavy atom. The van der Waals surface area contributed by atoms with E-state index in [0.29, 0.717) is 5.75 Å². The molecule has 0 atom stereocenters. The van der Waals surface area contributed by atoms with Gasteiger partial charge in [-0.2, -0.15) is 0 Å². The molecule has 1 heterocycles. The first kappa shape index (κ1) is 18.3. The summed E-state index contributed by atoms with van der Waals surface area (Å²) >= 11 is 0. The topological polar surface area (TPSA) is 41.3 Å². The van der Waals surface area contributed by atoms with Crippen LogP contribution in [0.25, 0.3) is 0 Å². The highest BCUT2D eigenvalue weighted by Gasteiger charge is 2.26. The fourth-order valence-electron chi connectivity index (χ4n) is 3.43. The number of nitrogens with one attached hydrogen (secondary N) is 1. The summed E-state index contributed by atoms with van der Waals surface area (Å²) in [7, 11) is 0. The van der Waals surface area contributed by atoms with Crippen molar-refractivity contribution in [3.8, 4) is 5.75 Å². The standard InChI is InChI=1S/C20H34N2O/c1-19(2,3)16-13-15(7-10-22-11-8-21-9-12-22)14-17(18(16)23)20(4,5)6/h13-14,21,23H,7-12H2,1-6H3/p+2. The molecule has 1 saturated heterocycles. The van der Waals surface area contributed by atoms with Crippen molar-refractivity contribution in [3.63, 3.8) is 0 Å². The molecule has 4 N–H and O–H groups in total. The summed E-state index contributed by atoms with van der Waals surface area (Å²) in [6, 6.07) is 4.47. The number of rotatable bonds is 3. The zero-order valence-electron chi connectivity index (χ0n) is 15.9. The highest BCUT2D eigenvalue weighted by atomic mass is 16.3. The molecule has 0 aliphatic carbocycles. The van der Waals surface area contributed by atoms with Gasteiger partial charge in [0.1, 0.15) is 31.9 Å². The Bertz CT molecular complexity index is 497. The molecular weight excluding hydrogens is 284 g/mol. The lowest BCUT2D eigenvalue weighted by Crippen LogP contribution is -3.20. The van der Waals surface area contributed by atoms with Crippen molar-refractivity contribution in [1.29, 1.82) is 0 Å². The molecule has 0 aromatic heterocycles. The van der Waals surface area contributed by atoms with Gasteiger partial charge >= 0.3 is 0 Å². The number of phenolic OH excluding ortho intramolecular Hbond substituents is 1. The Hall–Kier alpha value is -1.06. The van der Waals surface area contributed by atoms with E-state index in [-0.39, 0.29) is 10.8 Å². The predicted molar refractivity (Wildman–Crippen MR) is 96.4 cm³/mol. The van der Waals surface area contributed by atoms with Gasteiger partial charge in [0, 0.05) is 6.42 Å². The summed E-state index contributed by atoms with van der Waals surface area (Å²) in [4.78, 5) is 1.72. The minimum Gasteiger partial charge on any atom is -0.507 e. The highest BCUT2D eigenvalue weighted by molar-refractivity contribution is 5.49. The third kappa shape index (κ3) is 4.71. The van der Waals surface area contributed by atoms with Crippen molar-refractivity contribution in [3.05, 3.63) is 28.8 Å². The molecule has 0 amide bonds. The molecule has 3 nitrogen and oxygen atoms in total. The molecule has 0 unspecified atom stereocenters. The average Bonchev–Trinajstić information content (AvgIpc) is 2.44. The zero-order valence-corrected chi connectivity index (χ0v) is 15.9. The molecule has 1 fully saturated rings. The minimum atomic E-state index is -0.0347. The summed E-state index contributed by atoms with van der Waals surface area (Å²) in [5.74, 6) is 0.494. The van der Waals surface area contributed by atoms with E-state index in [2.05, 4.69) is 59.0 Å². The van der Waals surface area contributed by atoms with Crippen LogP contribution in [-0.4, -0.2) is 37.8 Å². The molecule has 0 bridgehead atoms. The van der Waals surface area contributed by atoms with Crippen LogP contribution in [0.3, 0.4) is 0 Å². The number of quaternary nitrogens is 2. The zero-order chi connectivity index (χ0) is 17.3. The fraction of sp³-hybridized carbons (Fsp3) is 0.700. The molecule has 23 heavy (non-hydrogen) atoms. The normalized spacial score (nSPS) is 17.5. The van der Waals surface area contributed by atoms with Crippen LogP contribution in [0.2, 0.25) is 0 Å². The third-order valence-corrected chi connectivity index (χ3v) is 4.96. The second-order valence-electron chi connectivity index (χ2n) is 9.16. The van der Waals surface area contributed by atoms with Crippen molar-refractivity contribution in [2.45, 2.75) is 58.8 Å². The maximum atomic E-state index is 10.8. The SMILES string of the molecule is CC(C)(C)c1cc(CC[NH+]2CC[NH2+]CC2)cc(C(C)(C)C)c1O. The van der Waals surface area contributed by atoms with Gasteiger partial charge in [0.05, 0.1) is 6.54 Å². The van der Waals surface area contributed by atoms with E-state index < -0.39 is 0 Å². The number of hydrogen-bond acceptors (Lipinski definition) is 1. The van der Waals surface area contributed by atoms with Gasteiger partial charge in [-0.1, -0.05) is 53.7 Å². The average molecular weight is 321 g/mol. The van der Waals surface area contributed by atoms with Crippen molar-refractivity contribution in [1.82, 2.24) is 0 Å². The van der Waals surface area contributed by atoms with Crippen molar-refractivity contribution < 1.29 is 15.3 Å². The molecule has 1 aromatic rings. The summed E-state index contributed by atoms with van der Waals surface area (Å²) in [6.45, 7) is 19.4. The summed E-state index contributed by atoms with van der Waals surface area (Å²) in [6.07, 6.45) is 1.10. The Labute approximate surface area is 142 Å². The molecule has 130 valence electrons. The van der Waals surface area contributed by atoms with E-state index in [1.54, 1.807) is 4.90 Å². The Morgan fingerprint density at radius 2 is 1.43 bits per heavy atom. The van der Waals surface area contributed by atoms with Crippen molar-refractivity contribution in [2.75, 3.05) is 32.7 Å². The van der Waals surface area contributed by atoms with Gasteiger partial charge in [0.2, 0.25) is 0 Å². The lowest BCUT2D eigenvalue weighted by Gasteiger charge is -2.28. The van der Waals surface area contributed by atoms with Crippen LogP contribution >= 0.6 is 0 Å². The minimum absolute atomic E-state index is 0.0347. The molecule has 0 saturated carbocycles. The van der Waals surface area contributed by atoms with Gasteiger partial charge in [0.25, 0.3) is 0 Å². The maximum Gasteiger partial charge on any atom is 0.127 e.